The molecule has 0 atom stereocenters. The van der Waals surface area contributed by atoms with Gasteiger partial charge in [0, 0.05) is 31.5 Å². The molecule has 1 aromatic heterocycles. The number of hydrogen-bond donors (Lipinski definition) is 4. The number of nitrogens with one attached hydrogen (secondary N) is 3. The molecule has 2 heterocycles. The second-order valence-corrected chi connectivity index (χ2v) is 7.66. The molecule has 4 rings (SSSR count). The number of amides is 3. The number of urea groups is 1. The molecule has 3 amide bonds. The van der Waals surface area contributed by atoms with E-state index in [1.54, 1.807) is 23.1 Å². The number of rotatable bonds is 7. The Morgan fingerprint density at radius 1 is 1.12 bits per heavy atom. The van der Waals surface area contributed by atoms with Crippen LogP contribution in [0.4, 0.5) is 27.9 Å². The van der Waals surface area contributed by atoms with Gasteiger partial charge in [-0.2, -0.15) is 4.98 Å². The summed E-state index contributed by atoms with van der Waals surface area (Å²) in [6.45, 7) is 1.94. The minimum absolute atomic E-state index is 0.185. The van der Waals surface area contributed by atoms with Gasteiger partial charge in [-0.1, -0.05) is 41.9 Å². The van der Waals surface area contributed by atoms with Crippen molar-refractivity contribution in [3.63, 3.8) is 0 Å². The number of anilines is 4. The van der Waals surface area contributed by atoms with Crippen molar-refractivity contribution in [3.05, 3.63) is 70.9 Å². The van der Waals surface area contributed by atoms with Gasteiger partial charge in [-0.05, 0) is 30.2 Å². The van der Waals surface area contributed by atoms with Crippen molar-refractivity contribution in [3.8, 4) is 0 Å². The van der Waals surface area contributed by atoms with E-state index in [1.165, 1.54) is 6.20 Å². The first-order chi connectivity index (χ1) is 15.5. The maximum atomic E-state index is 12.2. The third kappa shape index (κ3) is 5.06. The highest BCUT2D eigenvalue weighted by atomic mass is 35.5. The molecule has 164 valence electrons. The monoisotopic (exact) mass is 451 g/mol. The Morgan fingerprint density at radius 3 is 2.59 bits per heavy atom. The van der Waals surface area contributed by atoms with Crippen molar-refractivity contribution in [2.24, 2.45) is 5.73 Å². The van der Waals surface area contributed by atoms with Crippen LogP contribution in [0.15, 0.2) is 54.7 Å². The van der Waals surface area contributed by atoms with E-state index in [2.05, 4.69) is 25.9 Å². The molecule has 1 aliphatic heterocycles. The lowest BCUT2D eigenvalue weighted by Crippen LogP contribution is -2.44. The molecule has 0 radical (unpaired) electrons. The van der Waals surface area contributed by atoms with E-state index in [0.29, 0.717) is 28.8 Å². The molecule has 10 heteroatoms. The van der Waals surface area contributed by atoms with Crippen molar-refractivity contribution in [2.75, 3.05) is 29.0 Å². The van der Waals surface area contributed by atoms with Crippen LogP contribution in [-0.4, -0.2) is 39.9 Å². The smallest absolute Gasteiger partial charge is 0.321 e. The number of nitrogens with two attached hydrogens (primary N) is 1. The molecule has 1 saturated heterocycles. The summed E-state index contributed by atoms with van der Waals surface area (Å²) >= 11 is 6.24. The summed E-state index contributed by atoms with van der Waals surface area (Å²) in [5, 5.41) is 9.43. The number of primary amides is 1. The number of carbonyl (C=O) groups is 2. The SMILES string of the molecule is NC(=O)c1cnc(Nc2ccc(Cl)c(NC(=O)N3CCC3)c2)nc1NCc1ccccc1. The number of halogens is 1. The van der Waals surface area contributed by atoms with Gasteiger partial charge in [-0.25, -0.2) is 9.78 Å². The third-order valence-corrected chi connectivity index (χ3v) is 5.29. The molecule has 1 fully saturated rings. The molecule has 5 N–H and O–H groups in total. The van der Waals surface area contributed by atoms with E-state index in [0.717, 1.165) is 25.1 Å². The normalized spacial score (nSPS) is 12.6. The molecule has 32 heavy (non-hydrogen) atoms. The summed E-state index contributed by atoms with van der Waals surface area (Å²) in [6.07, 6.45) is 2.37. The number of benzene rings is 2. The lowest BCUT2D eigenvalue weighted by molar-refractivity contribution is 0.100. The highest BCUT2D eigenvalue weighted by Gasteiger charge is 2.21. The van der Waals surface area contributed by atoms with Crippen LogP contribution in [0.3, 0.4) is 0 Å². The number of carbonyl (C=O) groups excluding carboxylic acids is 2. The summed E-state index contributed by atoms with van der Waals surface area (Å²) in [7, 11) is 0. The molecular weight excluding hydrogens is 430 g/mol. The average Bonchev–Trinajstić information content (AvgIpc) is 2.74. The fourth-order valence-corrected chi connectivity index (χ4v) is 3.25. The van der Waals surface area contributed by atoms with E-state index in [-0.39, 0.29) is 17.5 Å². The van der Waals surface area contributed by atoms with Crippen LogP contribution in [0.25, 0.3) is 0 Å². The fraction of sp³-hybridized carbons (Fsp3) is 0.182. The number of nitrogens with zero attached hydrogens (tertiary/aromatic N) is 3. The molecule has 1 aliphatic rings. The lowest BCUT2D eigenvalue weighted by atomic mass is 10.2. The third-order valence-electron chi connectivity index (χ3n) is 4.96. The van der Waals surface area contributed by atoms with Gasteiger partial charge in [-0.3, -0.25) is 4.79 Å². The van der Waals surface area contributed by atoms with E-state index >= 15 is 0 Å². The minimum Gasteiger partial charge on any atom is -0.365 e. The zero-order valence-electron chi connectivity index (χ0n) is 17.1. The van der Waals surface area contributed by atoms with Crippen LogP contribution >= 0.6 is 11.6 Å². The lowest BCUT2D eigenvalue weighted by Gasteiger charge is -2.31. The Balaban J connectivity index is 1.51. The number of likely N-dealkylation sites (tertiary alicyclic amines) is 1. The first kappa shape index (κ1) is 21.4. The van der Waals surface area contributed by atoms with Crippen molar-refractivity contribution in [2.45, 2.75) is 13.0 Å². The van der Waals surface area contributed by atoms with Crippen LogP contribution in [0.5, 0.6) is 0 Å². The van der Waals surface area contributed by atoms with Crippen LogP contribution in [0.1, 0.15) is 22.3 Å². The van der Waals surface area contributed by atoms with Crippen molar-refractivity contribution < 1.29 is 9.59 Å². The summed E-state index contributed by atoms with van der Waals surface area (Å²) in [6, 6.07) is 14.6. The van der Waals surface area contributed by atoms with E-state index in [4.69, 9.17) is 17.3 Å². The predicted molar refractivity (Wildman–Crippen MR) is 124 cm³/mol. The quantitative estimate of drug-likeness (QED) is 0.432. The summed E-state index contributed by atoms with van der Waals surface area (Å²) in [5.74, 6) is -0.0540. The Hall–Kier alpha value is -3.85. The molecular formula is C22H22ClN7O2. The zero-order valence-corrected chi connectivity index (χ0v) is 17.9. The van der Waals surface area contributed by atoms with Crippen LogP contribution in [-0.2, 0) is 6.54 Å². The first-order valence-corrected chi connectivity index (χ1v) is 10.4. The van der Waals surface area contributed by atoms with E-state index in [9.17, 15) is 9.59 Å². The van der Waals surface area contributed by atoms with Crippen molar-refractivity contribution >= 4 is 46.7 Å². The number of hydrogen-bond acceptors (Lipinski definition) is 6. The Bertz CT molecular complexity index is 1140. The summed E-state index contributed by atoms with van der Waals surface area (Å²) in [5.41, 5.74) is 7.78. The predicted octanol–water partition coefficient (Wildman–Crippen LogP) is 3.82. The standard InChI is InChI=1S/C22H22ClN7O2/c23-17-8-7-15(11-18(17)28-22(32)30-9-4-10-30)27-21-26-13-16(19(24)31)20(29-21)25-12-14-5-2-1-3-6-14/h1-3,5-8,11,13H,4,9-10,12H2,(H2,24,31)(H,28,32)(H2,25,26,27,29). The van der Waals surface area contributed by atoms with Gasteiger partial charge >= 0.3 is 6.03 Å². The van der Waals surface area contributed by atoms with Gasteiger partial charge in [-0.15, -0.1) is 0 Å². The topological polar surface area (TPSA) is 125 Å². The van der Waals surface area contributed by atoms with Gasteiger partial charge in [0.25, 0.3) is 5.91 Å². The maximum absolute atomic E-state index is 12.2. The molecule has 0 unspecified atom stereocenters. The summed E-state index contributed by atoms with van der Waals surface area (Å²) < 4.78 is 0. The highest BCUT2D eigenvalue weighted by molar-refractivity contribution is 6.33. The number of aromatic nitrogens is 2. The second-order valence-electron chi connectivity index (χ2n) is 7.25. The minimum atomic E-state index is -0.630. The van der Waals surface area contributed by atoms with Gasteiger partial charge in [0.15, 0.2) is 0 Å². The molecule has 0 bridgehead atoms. The molecule has 3 aromatic rings. The van der Waals surface area contributed by atoms with E-state index in [1.807, 2.05) is 30.3 Å². The van der Waals surface area contributed by atoms with Gasteiger partial charge in [0.1, 0.15) is 5.82 Å². The summed E-state index contributed by atoms with van der Waals surface area (Å²) in [4.78, 5) is 34.3. The fourth-order valence-electron chi connectivity index (χ4n) is 3.08. The van der Waals surface area contributed by atoms with E-state index < -0.39 is 5.91 Å². The van der Waals surface area contributed by atoms with Gasteiger partial charge < -0.3 is 26.6 Å². The van der Waals surface area contributed by atoms with Crippen molar-refractivity contribution in [1.29, 1.82) is 0 Å². The van der Waals surface area contributed by atoms with Gasteiger partial charge in [0.05, 0.1) is 16.3 Å². The van der Waals surface area contributed by atoms with Crippen LogP contribution in [0.2, 0.25) is 5.02 Å². The Kier molecular flexibility index (Phi) is 6.37. The Labute approximate surface area is 190 Å². The largest absolute Gasteiger partial charge is 0.365 e. The average molecular weight is 452 g/mol. The van der Waals surface area contributed by atoms with Crippen molar-refractivity contribution in [1.82, 2.24) is 14.9 Å². The molecule has 9 nitrogen and oxygen atoms in total. The molecule has 0 aliphatic carbocycles. The Morgan fingerprint density at radius 2 is 1.91 bits per heavy atom. The molecule has 0 spiro atoms. The van der Waals surface area contributed by atoms with Crippen LogP contribution < -0.4 is 21.7 Å². The molecule has 2 aromatic carbocycles. The first-order valence-electron chi connectivity index (χ1n) is 10.1. The maximum Gasteiger partial charge on any atom is 0.321 e. The van der Waals surface area contributed by atoms with Crippen LogP contribution in [0, 0.1) is 0 Å². The van der Waals surface area contributed by atoms with Gasteiger partial charge in [0.2, 0.25) is 5.95 Å². The zero-order chi connectivity index (χ0) is 22.5. The molecule has 0 saturated carbocycles. The second kappa shape index (κ2) is 9.52. The highest BCUT2D eigenvalue weighted by Crippen LogP contribution is 2.28.